The lowest BCUT2D eigenvalue weighted by atomic mass is 9.99. The maximum Gasteiger partial charge on any atom is 0.258 e. The van der Waals surface area contributed by atoms with E-state index in [9.17, 15) is 27.9 Å². The van der Waals surface area contributed by atoms with Crippen LogP contribution in [0.1, 0.15) is 56.3 Å². The molecule has 0 spiro atoms. The number of para-hydroxylation sites is 3. The van der Waals surface area contributed by atoms with Gasteiger partial charge in [-0.15, -0.1) is 0 Å². The lowest BCUT2D eigenvalue weighted by Gasteiger charge is -2.38. The van der Waals surface area contributed by atoms with Gasteiger partial charge < -0.3 is 31.1 Å². The minimum atomic E-state index is -3.92. The number of ether oxygens (including phenoxy) is 1. The molecule has 12 nitrogen and oxygen atoms in total. The molecule has 0 saturated heterocycles. The van der Waals surface area contributed by atoms with E-state index in [-0.39, 0.29) is 78.1 Å². The number of nitrogens with zero attached hydrogens (tertiary/aromatic N) is 2. The first-order chi connectivity index (χ1) is 23.3. The predicted octanol–water partition coefficient (Wildman–Crippen LogP) is 4.99. The van der Waals surface area contributed by atoms with Gasteiger partial charge in [0.1, 0.15) is 6.10 Å². The molecular weight excluding hydrogens is 670 g/mol. The van der Waals surface area contributed by atoms with Gasteiger partial charge in [-0.1, -0.05) is 43.1 Å². The number of rotatable bonds is 14. The molecule has 14 heteroatoms. The van der Waals surface area contributed by atoms with E-state index in [0.29, 0.717) is 35.7 Å². The largest absolute Gasteiger partial charge is 0.486 e. The molecule has 0 fully saturated rings. The van der Waals surface area contributed by atoms with Crippen LogP contribution in [-0.2, 0) is 19.6 Å². The summed E-state index contributed by atoms with van der Waals surface area (Å²) in [6.07, 6.45) is 1.45. The quantitative estimate of drug-likeness (QED) is 0.134. The molecule has 0 saturated carbocycles. The van der Waals surface area contributed by atoms with E-state index in [4.69, 9.17) is 22.1 Å². The van der Waals surface area contributed by atoms with Gasteiger partial charge in [-0.05, 0) is 68.3 Å². The number of aliphatic hydroxyl groups is 1. The van der Waals surface area contributed by atoms with Crippen molar-refractivity contribution in [3.63, 3.8) is 0 Å². The van der Waals surface area contributed by atoms with E-state index in [1.165, 1.54) is 35.6 Å². The molecule has 3 aromatic rings. The molecule has 1 aliphatic rings. The minimum Gasteiger partial charge on any atom is -0.486 e. The Labute approximate surface area is 292 Å². The van der Waals surface area contributed by atoms with Crippen molar-refractivity contribution in [3.8, 4) is 5.75 Å². The Kier molecular flexibility index (Phi) is 13.0. The third-order valence-electron chi connectivity index (χ3n) is 8.47. The van der Waals surface area contributed by atoms with Crippen LogP contribution in [0.5, 0.6) is 5.75 Å². The number of likely N-dealkylation sites (N-methyl/N-ethyl adjacent to an activating group) is 1. The fraction of sp³-hybridized carbons (Fsp3) is 0.400. The first-order valence-electron chi connectivity index (χ1n) is 16.2. The number of hydrogen-bond acceptors (Lipinski definition) is 8. The highest BCUT2D eigenvalue weighted by Gasteiger charge is 2.36. The maximum atomic E-state index is 13.8. The highest BCUT2D eigenvalue weighted by molar-refractivity contribution is 7.89. The third-order valence-corrected chi connectivity index (χ3v) is 10.6. The van der Waals surface area contributed by atoms with Crippen LogP contribution in [0.25, 0.3) is 0 Å². The summed E-state index contributed by atoms with van der Waals surface area (Å²) in [4.78, 5) is 40.8. The Morgan fingerprint density at radius 2 is 1.61 bits per heavy atom. The van der Waals surface area contributed by atoms with Gasteiger partial charge in [0, 0.05) is 37.4 Å². The molecular formula is C35H44ClN5O7S. The number of sulfonamides is 1. The molecule has 1 heterocycles. The summed E-state index contributed by atoms with van der Waals surface area (Å²) in [5, 5.41) is 16.0. The SMILES string of the molecule is C[C@H]1CN([C@@H](C)CO)C(=O)c2cccc(NC(=O)CCCCCC(=O)Nc3ccccc3N)c2O[C@H]1CN(C)S(=O)(=O)c1ccc(Cl)cc1. The Bertz CT molecular complexity index is 1740. The van der Waals surface area contributed by atoms with Crippen LogP contribution in [0.2, 0.25) is 5.02 Å². The van der Waals surface area contributed by atoms with Gasteiger partial charge in [-0.3, -0.25) is 14.4 Å². The molecule has 5 N–H and O–H groups in total. The summed E-state index contributed by atoms with van der Waals surface area (Å²) in [6.45, 7) is 3.44. The Morgan fingerprint density at radius 1 is 1.00 bits per heavy atom. The zero-order chi connectivity index (χ0) is 35.7. The van der Waals surface area contributed by atoms with Gasteiger partial charge >= 0.3 is 0 Å². The minimum absolute atomic E-state index is 0.0617. The second-order valence-electron chi connectivity index (χ2n) is 12.3. The number of nitrogen functional groups attached to an aromatic ring is 1. The molecule has 4 rings (SSSR count). The first-order valence-corrected chi connectivity index (χ1v) is 18.0. The Balaban J connectivity index is 1.46. The summed E-state index contributed by atoms with van der Waals surface area (Å²) in [5.74, 6) is -1.08. The molecule has 0 bridgehead atoms. The van der Waals surface area contributed by atoms with Crippen LogP contribution in [0.3, 0.4) is 0 Å². The van der Waals surface area contributed by atoms with Crippen LogP contribution in [0, 0.1) is 5.92 Å². The number of nitrogens with two attached hydrogens (primary N) is 1. The van der Waals surface area contributed by atoms with Crippen molar-refractivity contribution in [2.45, 2.75) is 63.0 Å². The van der Waals surface area contributed by atoms with Gasteiger partial charge in [0.15, 0.2) is 5.75 Å². The van der Waals surface area contributed by atoms with E-state index >= 15 is 0 Å². The molecule has 0 radical (unpaired) electrons. The number of fused-ring (bicyclic) bond motifs is 1. The number of carbonyl (C=O) groups is 3. The lowest BCUT2D eigenvalue weighted by Crippen LogP contribution is -2.50. The van der Waals surface area contributed by atoms with E-state index in [0.717, 1.165) is 0 Å². The van der Waals surface area contributed by atoms with Gasteiger partial charge in [-0.2, -0.15) is 4.31 Å². The van der Waals surface area contributed by atoms with E-state index in [2.05, 4.69) is 10.6 Å². The van der Waals surface area contributed by atoms with Crippen LogP contribution in [0.15, 0.2) is 71.6 Å². The first kappa shape index (κ1) is 37.6. The zero-order valence-electron chi connectivity index (χ0n) is 27.9. The van der Waals surface area contributed by atoms with Crippen LogP contribution in [0.4, 0.5) is 17.1 Å². The fourth-order valence-electron chi connectivity index (χ4n) is 5.48. The molecule has 0 unspecified atom stereocenters. The molecule has 0 aliphatic carbocycles. The van der Waals surface area contributed by atoms with E-state index < -0.39 is 22.2 Å². The van der Waals surface area contributed by atoms with Gasteiger partial charge in [0.05, 0.1) is 46.7 Å². The molecule has 49 heavy (non-hydrogen) atoms. The molecule has 0 aromatic heterocycles. The van der Waals surface area contributed by atoms with Crippen LogP contribution < -0.4 is 21.1 Å². The van der Waals surface area contributed by atoms with Gasteiger partial charge in [-0.25, -0.2) is 8.42 Å². The highest BCUT2D eigenvalue weighted by Crippen LogP contribution is 2.35. The molecule has 3 aromatic carbocycles. The fourth-order valence-corrected chi connectivity index (χ4v) is 6.79. The number of anilines is 3. The van der Waals surface area contributed by atoms with Crippen LogP contribution >= 0.6 is 11.6 Å². The monoisotopic (exact) mass is 713 g/mol. The second kappa shape index (κ2) is 17.0. The summed E-state index contributed by atoms with van der Waals surface area (Å²) in [6, 6.07) is 17.2. The average Bonchev–Trinajstić information content (AvgIpc) is 3.07. The Morgan fingerprint density at radius 3 is 2.24 bits per heavy atom. The van der Waals surface area contributed by atoms with Crippen molar-refractivity contribution in [2.24, 2.45) is 5.92 Å². The normalized spacial score (nSPS) is 17.0. The average molecular weight is 714 g/mol. The van der Waals surface area contributed by atoms with Crippen LogP contribution in [-0.4, -0.2) is 79.3 Å². The molecule has 3 amide bonds. The predicted molar refractivity (Wildman–Crippen MR) is 190 cm³/mol. The summed E-state index contributed by atoms with van der Waals surface area (Å²) >= 11 is 5.97. The summed E-state index contributed by atoms with van der Waals surface area (Å²) in [5.41, 5.74) is 7.39. The van der Waals surface area contributed by atoms with Crippen molar-refractivity contribution in [3.05, 3.63) is 77.3 Å². The standard InChI is InChI=1S/C35H44ClN5O7S/c1-23-20-41(24(2)22-42)35(45)27-10-9-13-30(34(27)48-31(23)21-40(3)49(46,47)26-18-16-25(36)17-19-26)39-33(44)15-6-4-5-14-32(43)38-29-12-8-7-11-28(29)37/h7-13,16-19,23-24,31,42H,4-6,14-15,20-22,37H2,1-3H3,(H,38,43)(H,39,44)/t23-,24-,31-/m0/s1. The molecule has 3 atom stereocenters. The highest BCUT2D eigenvalue weighted by atomic mass is 35.5. The second-order valence-corrected chi connectivity index (χ2v) is 14.8. The topological polar surface area (TPSA) is 171 Å². The van der Waals surface area contributed by atoms with E-state index in [1.54, 1.807) is 54.3 Å². The lowest BCUT2D eigenvalue weighted by molar-refractivity contribution is -0.116. The zero-order valence-corrected chi connectivity index (χ0v) is 29.5. The van der Waals surface area contributed by atoms with Gasteiger partial charge in [0.2, 0.25) is 21.8 Å². The Hall–Kier alpha value is -4.17. The van der Waals surface area contributed by atoms with Gasteiger partial charge in [0.25, 0.3) is 5.91 Å². The van der Waals surface area contributed by atoms with E-state index in [1.807, 2.05) is 6.92 Å². The van der Waals surface area contributed by atoms with Crippen molar-refractivity contribution in [1.29, 1.82) is 0 Å². The summed E-state index contributed by atoms with van der Waals surface area (Å²) in [7, 11) is -2.46. The number of aliphatic hydroxyl groups excluding tert-OH is 1. The number of hydrogen-bond donors (Lipinski definition) is 4. The van der Waals surface area contributed by atoms with Crippen molar-refractivity contribution < 1.29 is 32.6 Å². The third kappa shape index (κ3) is 9.72. The number of benzene rings is 3. The van der Waals surface area contributed by atoms with Crippen molar-refractivity contribution in [1.82, 2.24) is 9.21 Å². The smallest absolute Gasteiger partial charge is 0.258 e. The van der Waals surface area contributed by atoms with Crippen molar-refractivity contribution in [2.75, 3.05) is 43.1 Å². The number of halogens is 1. The number of nitrogens with one attached hydrogen (secondary N) is 2. The maximum absolute atomic E-state index is 13.8. The molecule has 1 aliphatic heterocycles. The molecule has 264 valence electrons. The van der Waals surface area contributed by atoms with Crippen molar-refractivity contribution >= 4 is 56.4 Å². The number of carbonyl (C=O) groups excluding carboxylic acids is 3. The number of unbranched alkanes of at least 4 members (excludes halogenated alkanes) is 2. The number of amides is 3. The summed E-state index contributed by atoms with van der Waals surface area (Å²) < 4.78 is 34.5.